The number of carbonyl (C=O) groups is 3. The number of aromatic nitrogens is 1. The molecule has 0 bridgehead atoms. The Kier molecular flexibility index (Phi) is 11.9. The van der Waals surface area contributed by atoms with Gasteiger partial charge in [-0.15, -0.1) is 11.3 Å². The molecule has 5 atom stereocenters. The van der Waals surface area contributed by atoms with Crippen LogP contribution in [0, 0.1) is 11.8 Å². The number of phenolic OH excluding ortho intramolecular Hbond substituents is 1. The minimum Gasteiger partial charge on any atom is -0.508 e. The van der Waals surface area contributed by atoms with Crippen LogP contribution in [0.2, 0.25) is 0 Å². The fourth-order valence-electron chi connectivity index (χ4n) is 4.42. The number of phenols is 1. The minimum absolute atomic E-state index is 0.0398. The zero-order valence-electron chi connectivity index (χ0n) is 24.4. The molecule has 2 rings (SSSR count). The van der Waals surface area contributed by atoms with Gasteiger partial charge in [-0.25, -0.2) is 4.98 Å². The van der Waals surface area contributed by atoms with Gasteiger partial charge in [0.25, 0.3) is 5.91 Å². The molecule has 2 amide bonds. The molecule has 0 aliphatic heterocycles. The second kappa shape index (κ2) is 14.4. The number of hydrogen-bond donors (Lipinski definition) is 2. The summed E-state index contributed by atoms with van der Waals surface area (Å²) in [4.78, 5) is 46.2. The van der Waals surface area contributed by atoms with E-state index in [4.69, 9.17) is 10.5 Å². The number of hydrogen-bond acceptors (Lipinski definition) is 8. The van der Waals surface area contributed by atoms with Gasteiger partial charge in [-0.05, 0) is 42.9 Å². The third-order valence-corrected chi connectivity index (χ3v) is 8.32. The average Bonchev–Trinajstić information content (AvgIpc) is 3.39. The first kappa shape index (κ1) is 32.2. The van der Waals surface area contributed by atoms with Crippen LogP contribution in [0.5, 0.6) is 5.75 Å². The van der Waals surface area contributed by atoms with E-state index in [0.29, 0.717) is 17.8 Å². The monoisotopic (exact) mass is 560 g/mol. The Morgan fingerprint density at radius 1 is 1.08 bits per heavy atom. The van der Waals surface area contributed by atoms with Crippen LogP contribution in [-0.4, -0.2) is 69.9 Å². The molecular formula is C29H44N4O5S. The number of benzene rings is 1. The normalized spacial score (nSPS) is 15.2. The molecule has 0 spiro atoms. The number of rotatable bonds is 13. The predicted molar refractivity (Wildman–Crippen MR) is 153 cm³/mol. The molecule has 216 valence electrons. The highest BCUT2D eigenvalue weighted by atomic mass is 32.1. The van der Waals surface area contributed by atoms with Crippen LogP contribution >= 0.6 is 11.3 Å². The number of amides is 2. The number of nitrogens with zero attached hydrogens (tertiary/aromatic N) is 3. The molecule has 0 unspecified atom stereocenters. The molecule has 0 saturated heterocycles. The summed E-state index contributed by atoms with van der Waals surface area (Å²) in [5, 5.41) is 11.7. The van der Waals surface area contributed by atoms with Crippen molar-refractivity contribution in [3.8, 4) is 5.75 Å². The van der Waals surface area contributed by atoms with Gasteiger partial charge in [-0.1, -0.05) is 46.2 Å². The maximum absolute atomic E-state index is 13.2. The summed E-state index contributed by atoms with van der Waals surface area (Å²) >= 11 is 1.26. The van der Waals surface area contributed by atoms with Crippen LogP contribution < -0.4 is 5.73 Å². The van der Waals surface area contributed by atoms with E-state index in [9.17, 15) is 19.5 Å². The van der Waals surface area contributed by atoms with Gasteiger partial charge >= 0.3 is 5.97 Å². The largest absolute Gasteiger partial charge is 0.508 e. The molecule has 0 aliphatic rings. The molecule has 0 aliphatic carbocycles. The van der Waals surface area contributed by atoms with Crippen molar-refractivity contribution in [2.24, 2.45) is 17.6 Å². The quantitative estimate of drug-likeness (QED) is 0.348. The number of likely N-dealkylation sites (N-methyl/N-ethyl adjacent to an activating group) is 2. The first-order chi connectivity index (χ1) is 18.3. The third-order valence-electron chi connectivity index (χ3n) is 7.39. The molecule has 0 fully saturated rings. The molecule has 10 heteroatoms. The summed E-state index contributed by atoms with van der Waals surface area (Å²) in [6, 6.07) is 5.92. The van der Waals surface area contributed by atoms with E-state index in [2.05, 4.69) is 4.98 Å². The lowest BCUT2D eigenvalue weighted by atomic mass is 9.93. The summed E-state index contributed by atoms with van der Waals surface area (Å²) in [5.41, 5.74) is 7.51. The SMILES string of the molecule is CC[C@H](C)[C@H](N)C(=O)N(C)[C@H](C[C@@H](OC(C)=O)c1nc(C(=O)N(C)[C@H](C)Cc2ccc(O)cc2)cs1)C(C)C. The molecule has 3 N–H and O–H groups in total. The van der Waals surface area contributed by atoms with Crippen LogP contribution in [0.15, 0.2) is 29.6 Å². The maximum Gasteiger partial charge on any atom is 0.303 e. The van der Waals surface area contributed by atoms with Gasteiger partial charge in [0.1, 0.15) is 16.5 Å². The summed E-state index contributed by atoms with van der Waals surface area (Å²) in [6.07, 6.45) is 1.03. The zero-order chi connectivity index (χ0) is 29.4. The van der Waals surface area contributed by atoms with Crippen LogP contribution in [0.25, 0.3) is 0 Å². The smallest absolute Gasteiger partial charge is 0.303 e. The summed E-state index contributed by atoms with van der Waals surface area (Å²) in [6.45, 7) is 11.3. The lowest BCUT2D eigenvalue weighted by Gasteiger charge is -2.35. The molecule has 39 heavy (non-hydrogen) atoms. The molecule has 0 saturated carbocycles. The van der Waals surface area contributed by atoms with Crippen molar-refractivity contribution in [2.45, 2.75) is 85.0 Å². The van der Waals surface area contributed by atoms with Crippen molar-refractivity contribution in [2.75, 3.05) is 14.1 Å². The Morgan fingerprint density at radius 3 is 2.23 bits per heavy atom. The van der Waals surface area contributed by atoms with Crippen molar-refractivity contribution < 1.29 is 24.2 Å². The molecule has 1 aromatic carbocycles. The van der Waals surface area contributed by atoms with E-state index in [1.54, 1.807) is 41.4 Å². The number of nitrogens with two attached hydrogens (primary N) is 1. The minimum atomic E-state index is -0.712. The number of ether oxygens (including phenoxy) is 1. The Balaban J connectivity index is 2.22. The predicted octanol–water partition coefficient (Wildman–Crippen LogP) is 4.40. The van der Waals surface area contributed by atoms with E-state index in [-0.39, 0.29) is 47.2 Å². The van der Waals surface area contributed by atoms with Crippen LogP contribution in [0.4, 0.5) is 0 Å². The number of aromatic hydroxyl groups is 1. The van der Waals surface area contributed by atoms with Crippen molar-refractivity contribution in [1.29, 1.82) is 0 Å². The first-order valence-corrected chi connectivity index (χ1v) is 14.3. The highest BCUT2D eigenvalue weighted by Gasteiger charge is 2.33. The Labute approximate surface area is 236 Å². The van der Waals surface area contributed by atoms with E-state index < -0.39 is 18.1 Å². The van der Waals surface area contributed by atoms with Gasteiger partial charge in [0, 0.05) is 44.9 Å². The molecule has 9 nitrogen and oxygen atoms in total. The van der Waals surface area contributed by atoms with Gasteiger partial charge in [0.05, 0.1) is 6.04 Å². The van der Waals surface area contributed by atoms with Gasteiger partial charge in [-0.3, -0.25) is 14.4 Å². The summed E-state index contributed by atoms with van der Waals surface area (Å²) < 4.78 is 5.66. The topological polar surface area (TPSA) is 126 Å². The van der Waals surface area contributed by atoms with E-state index in [0.717, 1.165) is 12.0 Å². The van der Waals surface area contributed by atoms with Gasteiger partial charge in [0.15, 0.2) is 6.10 Å². The lowest BCUT2D eigenvalue weighted by molar-refractivity contribution is -0.148. The highest BCUT2D eigenvalue weighted by molar-refractivity contribution is 7.09. The van der Waals surface area contributed by atoms with Crippen molar-refractivity contribution >= 4 is 29.1 Å². The fourth-order valence-corrected chi connectivity index (χ4v) is 5.25. The van der Waals surface area contributed by atoms with Crippen molar-refractivity contribution in [3.05, 3.63) is 45.9 Å². The van der Waals surface area contributed by atoms with Gasteiger partial charge < -0.3 is 25.4 Å². The third kappa shape index (κ3) is 8.76. The molecular weight excluding hydrogens is 516 g/mol. The Morgan fingerprint density at radius 2 is 1.69 bits per heavy atom. The van der Waals surface area contributed by atoms with Crippen LogP contribution in [-0.2, 0) is 20.7 Å². The van der Waals surface area contributed by atoms with E-state index >= 15 is 0 Å². The molecule has 1 heterocycles. The summed E-state index contributed by atoms with van der Waals surface area (Å²) in [7, 11) is 3.47. The maximum atomic E-state index is 13.2. The van der Waals surface area contributed by atoms with Gasteiger partial charge in [0.2, 0.25) is 5.91 Å². The first-order valence-electron chi connectivity index (χ1n) is 13.5. The van der Waals surface area contributed by atoms with Crippen molar-refractivity contribution in [3.63, 3.8) is 0 Å². The number of thiazole rings is 1. The number of esters is 1. The zero-order valence-corrected chi connectivity index (χ0v) is 25.2. The number of carbonyl (C=O) groups excluding carboxylic acids is 3. The average molecular weight is 561 g/mol. The van der Waals surface area contributed by atoms with Crippen LogP contribution in [0.3, 0.4) is 0 Å². The molecule has 0 radical (unpaired) electrons. The van der Waals surface area contributed by atoms with E-state index in [1.807, 2.05) is 46.8 Å². The Hall–Kier alpha value is -2.98. The highest BCUT2D eigenvalue weighted by Crippen LogP contribution is 2.31. The lowest BCUT2D eigenvalue weighted by Crippen LogP contribution is -2.51. The second-order valence-corrected chi connectivity index (χ2v) is 11.6. The van der Waals surface area contributed by atoms with Crippen LogP contribution in [0.1, 0.15) is 81.5 Å². The van der Waals surface area contributed by atoms with Gasteiger partial charge in [-0.2, -0.15) is 0 Å². The fraction of sp³-hybridized carbons (Fsp3) is 0.586. The van der Waals surface area contributed by atoms with Crippen molar-refractivity contribution in [1.82, 2.24) is 14.8 Å². The standard InChI is InChI=1S/C29H44N4O5S/c1-9-18(4)26(30)29(37)33(8)24(17(2)3)15-25(38-20(6)34)27-31-23(16-39-27)28(36)32(7)19(5)14-21-10-12-22(35)13-11-21/h10-13,16-19,24-26,35H,9,14-15,30H2,1-8H3/t18-,19+,24+,25+,26-/m0/s1. The molecule has 1 aromatic heterocycles. The second-order valence-electron chi connectivity index (χ2n) is 10.7. The summed E-state index contributed by atoms with van der Waals surface area (Å²) in [5.74, 6) is -0.550. The molecule has 2 aromatic rings. The Bertz CT molecular complexity index is 1100. The van der Waals surface area contributed by atoms with E-state index in [1.165, 1.54) is 18.3 Å².